The van der Waals surface area contributed by atoms with Crippen LogP contribution in [-0.2, 0) is 4.79 Å². The molecule has 0 aliphatic carbocycles. The standard InChI is InChI=1S/C16H16ClNOS/c17-16-12-6-2-3-7-13(12)20-14(16)8-9-15(19)18-10-4-1-5-11-18/h2-3,6-9H,1,4-5,10-11H2/b9-8+. The molecular weight excluding hydrogens is 290 g/mol. The lowest BCUT2D eigenvalue weighted by molar-refractivity contribution is -0.126. The second-order valence-electron chi connectivity index (χ2n) is 5.00. The number of amides is 1. The van der Waals surface area contributed by atoms with E-state index in [1.807, 2.05) is 29.2 Å². The number of fused-ring (bicyclic) bond motifs is 1. The smallest absolute Gasteiger partial charge is 0.246 e. The van der Waals surface area contributed by atoms with Gasteiger partial charge in [-0.1, -0.05) is 29.8 Å². The molecule has 2 heterocycles. The van der Waals surface area contributed by atoms with Crippen molar-refractivity contribution in [1.82, 2.24) is 4.90 Å². The number of piperidine rings is 1. The lowest BCUT2D eigenvalue weighted by Gasteiger charge is -2.25. The number of hydrogen-bond donors (Lipinski definition) is 0. The molecule has 1 aromatic heterocycles. The fraction of sp³-hybridized carbons (Fsp3) is 0.312. The van der Waals surface area contributed by atoms with E-state index in [9.17, 15) is 4.79 Å². The van der Waals surface area contributed by atoms with Gasteiger partial charge in [0.05, 0.1) is 5.02 Å². The van der Waals surface area contributed by atoms with Gasteiger partial charge in [-0.15, -0.1) is 11.3 Å². The van der Waals surface area contributed by atoms with E-state index in [4.69, 9.17) is 11.6 Å². The minimum Gasteiger partial charge on any atom is -0.339 e. The van der Waals surface area contributed by atoms with Crippen LogP contribution in [0.25, 0.3) is 16.2 Å². The van der Waals surface area contributed by atoms with Gasteiger partial charge >= 0.3 is 0 Å². The Morgan fingerprint density at radius 1 is 1.20 bits per heavy atom. The topological polar surface area (TPSA) is 20.3 Å². The number of halogens is 1. The van der Waals surface area contributed by atoms with Gasteiger partial charge in [-0.05, 0) is 31.4 Å². The van der Waals surface area contributed by atoms with Crippen molar-refractivity contribution in [2.45, 2.75) is 19.3 Å². The number of benzene rings is 1. The van der Waals surface area contributed by atoms with E-state index in [-0.39, 0.29) is 5.91 Å². The van der Waals surface area contributed by atoms with Crippen molar-refractivity contribution >= 4 is 45.0 Å². The molecule has 0 saturated carbocycles. The monoisotopic (exact) mass is 305 g/mol. The van der Waals surface area contributed by atoms with Crippen molar-refractivity contribution in [2.75, 3.05) is 13.1 Å². The summed E-state index contributed by atoms with van der Waals surface area (Å²) in [6, 6.07) is 8.04. The fourth-order valence-corrected chi connectivity index (χ4v) is 3.91. The van der Waals surface area contributed by atoms with E-state index in [1.165, 1.54) is 6.42 Å². The maximum absolute atomic E-state index is 12.1. The Morgan fingerprint density at radius 2 is 1.95 bits per heavy atom. The van der Waals surface area contributed by atoms with Crippen LogP contribution in [0.5, 0.6) is 0 Å². The van der Waals surface area contributed by atoms with Gasteiger partial charge in [0.15, 0.2) is 0 Å². The Kier molecular flexibility index (Phi) is 4.08. The molecule has 1 amide bonds. The minimum atomic E-state index is 0.0956. The molecule has 0 N–H and O–H groups in total. The van der Waals surface area contributed by atoms with Gasteiger partial charge in [-0.2, -0.15) is 0 Å². The summed E-state index contributed by atoms with van der Waals surface area (Å²) < 4.78 is 1.16. The van der Waals surface area contributed by atoms with Gasteiger partial charge < -0.3 is 4.90 Å². The lowest BCUT2D eigenvalue weighted by atomic mass is 10.1. The van der Waals surface area contributed by atoms with Crippen molar-refractivity contribution in [3.05, 3.63) is 40.2 Å². The normalized spacial score (nSPS) is 16.1. The van der Waals surface area contributed by atoms with Crippen LogP contribution in [0, 0.1) is 0 Å². The van der Waals surface area contributed by atoms with Crippen molar-refractivity contribution < 1.29 is 4.79 Å². The van der Waals surface area contributed by atoms with Crippen LogP contribution in [0.4, 0.5) is 0 Å². The van der Waals surface area contributed by atoms with Gasteiger partial charge in [-0.25, -0.2) is 0 Å². The third kappa shape index (κ3) is 2.74. The Balaban J connectivity index is 1.80. The number of carbonyl (C=O) groups excluding carboxylic acids is 1. The third-order valence-corrected chi connectivity index (χ3v) is 5.26. The zero-order valence-electron chi connectivity index (χ0n) is 11.1. The maximum atomic E-state index is 12.1. The van der Waals surface area contributed by atoms with Crippen molar-refractivity contribution in [3.63, 3.8) is 0 Å². The Bertz CT molecular complexity index is 656. The molecule has 0 bridgehead atoms. The number of rotatable bonds is 2. The molecule has 0 radical (unpaired) electrons. The van der Waals surface area contributed by atoms with Gasteiger partial charge in [0.1, 0.15) is 0 Å². The Labute approximate surface area is 127 Å². The summed E-state index contributed by atoms with van der Waals surface area (Å²) in [6.07, 6.45) is 6.97. The van der Waals surface area contributed by atoms with E-state index in [0.29, 0.717) is 0 Å². The SMILES string of the molecule is O=C(/C=C/c1sc2ccccc2c1Cl)N1CCCCC1. The first-order chi connectivity index (χ1) is 9.75. The van der Waals surface area contributed by atoms with E-state index in [2.05, 4.69) is 6.07 Å². The molecule has 4 heteroatoms. The van der Waals surface area contributed by atoms with Crippen molar-refractivity contribution in [2.24, 2.45) is 0 Å². The molecule has 0 unspecified atom stereocenters. The van der Waals surface area contributed by atoms with E-state index >= 15 is 0 Å². The number of likely N-dealkylation sites (tertiary alicyclic amines) is 1. The molecule has 1 fully saturated rings. The molecular formula is C16H16ClNOS. The average molecular weight is 306 g/mol. The summed E-state index contributed by atoms with van der Waals surface area (Å²) in [5.41, 5.74) is 0. The summed E-state index contributed by atoms with van der Waals surface area (Å²) in [5, 5.41) is 1.80. The van der Waals surface area contributed by atoms with Crippen LogP contribution in [0.1, 0.15) is 24.1 Å². The largest absolute Gasteiger partial charge is 0.339 e. The number of carbonyl (C=O) groups is 1. The molecule has 1 saturated heterocycles. The van der Waals surface area contributed by atoms with Gasteiger partial charge in [0.2, 0.25) is 5.91 Å². The zero-order chi connectivity index (χ0) is 13.9. The van der Waals surface area contributed by atoms with E-state index < -0.39 is 0 Å². The second kappa shape index (κ2) is 5.98. The molecule has 0 atom stereocenters. The molecule has 104 valence electrons. The highest BCUT2D eigenvalue weighted by Gasteiger charge is 2.14. The van der Waals surface area contributed by atoms with Crippen LogP contribution in [-0.4, -0.2) is 23.9 Å². The van der Waals surface area contributed by atoms with Crippen LogP contribution < -0.4 is 0 Å². The highest BCUT2D eigenvalue weighted by Crippen LogP contribution is 2.35. The van der Waals surface area contributed by atoms with Gasteiger partial charge in [0, 0.05) is 34.1 Å². The van der Waals surface area contributed by atoms with E-state index in [0.717, 1.165) is 45.9 Å². The molecule has 1 aliphatic heterocycles. The molecule has 2 aromatic rings. The van der Waals surface area contributed by atoms with Gasteiger partial charge in [-0.3, -0.25) is 4.79 Å². The fourth-order valence-electron chi connectivity index (χ4n) is 2.51. The molecule has 20 heavy (non-hydrogen) atoms. The summed E-state index contributed by atoms with van der Waals surface area (Å²) in [5.74, 6) is 0.0956. The van der Waals surface area contributed by atoms with E-state index in [1.54, 1.807) is 17.4 Å². The summed E-state index contributed by atoms with van der Waals surface area (Å²) in [6.45, 7) is 1.76. The minimum absolute atomic E-state index is 0.0956. The number of hydrogen-bond acceptors (Lipinski definition) is 2. The molecule has 1 aromatic carbocycles. The van der Waals surface area contributed by atoms with Crippen LogP contribution in [0.15, 0.2) is 30.3 Å². The van der Waals surface area contributed by atoms with Gasteiger partial charge in [0.25, 0.3) is 0 Å². The third-order valence-electron chi connectivity index (χ3n) is 3.60. The Hall–Kier alpha value is -1.32. The van der Waals surface area contributed by atoms with Crippen LogP contribution in [0.2, 0.25) is 5.02 Å². The predicted molar refractivity (Wildman–Crippen MR) is 86.3 cm³/mol. The molecule has 0 spiro atoms. The first kappa shape index (κ1) is 13.7. The van der Waals surface area contributed by atoms with Crippen molar-refractivity contribution in [1.29, 1.82) is 0 Å². The Morgan fingerprint density at radius 3 is 2.70 bits per heavy atom. The summed E-state index contributed by atoms with van der Waals surface area (Å²) in [7, 11) is 0. The van der Waals surface area contributed by atoms with Crippen LogP contribution >= 0.6 is 22.9 Å². The summed E-state index contributed by atoms with van der Waals surface area (Å²) in [4.78, 5) is 15.0. The highest BCUT2D eigenvalue weighted by atomic mass is 35.5. The maximum Gasteiger partial charge on any atom is 0.246 e. The average Bonchev–Trinajstić information content (AvgIpc) is 2.83. The quantitative estimate of drug-likeness (QED) is 0.744. The summed E-state index contributed by atoms with van der Waals surface area (Å²) >= 11 is 7.98. The second-order valence-corrected chi connectivity index (χ2v) is 6.46. The zero-order valence-corrected chi connectivity index (χ0v) is 12.7. The first-order valence-corrected chi connectivity index (χ1v) is 8.09. The lowest BCUT2D eigenvalue weighted by Crippen LogP contribution is -2.34. The highest BCUT2D eigenvalue weighted by molar-refractivity contribution is 7.20. The number of nitrogens with zero attached hydrogens (tertiary/aromatic N) is 1. The number of thiophene rings is 1. The predicted octanol–water partition coefficient (Wildman–Crippen LogP) is 4.58. The molecule has 1 aliphatic rings. The van der Waals surface area contributed by atoms with Crippen molar-refractivity contribution in [3.8, 4) is 0 Å². The first-order valence-electron chi connectivity index (χ1n) is 6.90. The van der Waals surface area contributed by atoms with Crippen LogP contribution in [0.3, 0.4) is 0 Å². The molecule has 2 nitrogen and oxygen atoms in total. The molecule has 3 rings (SSSR count).